The fraction of sp³-hybridized carbons (Fsp3) is 0.222. The van der Waals surface area contributed by atoms with E-state index >= 15 is 0 Å². The van der Waals surface area contributed by atoms with Crippen LogP contribution in [-0.4, -0.2) is 32.1 Å². The molecule has 0 unspecified atom stereocenters. The quantitative estimate of drug-likeness (QED) is 0.845. The van der Waals surface area contributed by atoms with Gasteiger partial charge in [0.2, 0.25) is 5.91 Å². The van der Waals surface area contributed by atoms with Crippen molar-refractivity contribution in [2.45, 2.75) is 12.5 Å². The average molecular weight is 344 g/mol. The van der Waals surface area contributed by atoms with E-state index in [1.54, 1.807) is 24.3 Å². The third-order valence-electron chi connectivity index (χ3n) is 3.94. The van der Waals surface area contributed by atoms with Crippen molar-refractivity contribution in [1.29, 1.82) is 0 Å². The molecular formula is C18H17FN2O4. The summed E-state index contributed by atoms with van der Waals surface area (Å²) in [6.45, 7) is 0. The van der Waals surface area contributed by atoms with Gasteiger partial charge in [0.15, 0.2) is 0 Å². The Morgan fingerprint density at radius 3 is 2.60 bits per heavy atom. The summed E-state index contributed by atoms with van der Waals surface area (Å²) in [6, 6.07) is 9.82. The summed E-state index contributed by atoms with van der Waals surface area (Å²) < 4.78 is 23.7. The first kappa shape index (κ1) is 16.8. The van der Waals surface area contributed by atoms with Crippen molar-refractivity contribution >= 4 is 23.2 Å². The number of nitrogens with one attached hydrogen (secondary N) is 1. The zero-order chi connectivity index (χ0) is 18.0. The zero-order valence-electron chi connectivity index (χ0n) is 13.8. The Hall–Kier alpha value is -3.09. The van der Waals surface area contributed by atoms with Gasteiger partial charge in [0.1, 0.15) is 23.4 Å². The van der Waals surface area contributed by atoms with Crippen LogP contribution in [-0.2, 0) is 9.59 Å². The number of halogens is 1. The minimum Gasteiger partial charge on any atom is -0.497 e. The Balaban J connectivity index is 1.86. The van der Waals surface area contributed by atoms with E-state index in [4.69, 9.17) is 9.47 Å². The fourth-order valence-electron chi connectivity index (χ4n) is 2.75. The maximum Gasteiger partial charge on any atom is 0.256 e. The van der Waals surface area contributed by atoms with Gasteiger partial charge in [-0.25, -0.2) is 9.29 Å². The van der Waals surface area contributed by atoms with Crippen molar-refractivity contribution in [3.63, 3.8) is 0 Å². The number of carbonyl (C=O) groups excluding carboxylic acids is 2. The van der Waals surface area contributed by atoms with E-state index in [1.165, 1.54) is 32.4 Å². The molecule has 130 valence electrons. The van der Waals surface area contributed by atoms with Gasteiger partial charge in [-0.1, -0.05) is 6.07 Å². The first-order chi connectivity index (χ1) is 12.0. The largest absolute Gasteiger partial charge is 0.497 e. The van der Waals surface area contributed by atoms with E-state index in [1.807, 2.05) is 0 Å². The number of benzene rings is 2. The zero-order valence-corrected chi connectivity index (χ0v) is 13.8. The molecule has 1 saturated heterocycles. The Morgan fingerprint density at radius 2 is 1.92 bits per heavy atom. The number of hydrogen-bond acceptors (Lipinski definition) is 5. The molecule has 25 heavy (non-hydrogen) atoms. The molecule has 0 aromatic heterocycles. The van der Waals surface area contributed by atoms with Crippen molar-refractivity contribution in [3.8, 4) is 11.5 Å². The van der Waals surface area contributed by atoms with Gasteiger partial charge >= 0.3 is 0 Å². The molecule has 0 bridgehead atoms. The maximum atomic E-state index is 13.3. The molecule has 1 fully saturated rings. The Morgan fingerprint density at radius 1 is 1.12 bits per heavy atom. The molecule has 1 atom stereocenters. The minimum absolute atomic E-state index is 0.0233. The summed E-state index contributed by atoms with van der Waals surface area (Å²) in [6.07, 6.45) is -0.0233. The molecule has 2 aromatic carbocycles. The average Bonchev–Trinajstić information content (AvgIpc) is 2.88. The summed E-state index contributed by atoms with van der Waals surface area (Å²) in [4.78, 5) is 26.1. The molecule has 2 aromatic rings. The number of carbonyl (C=O) groups is 2. The highest BCUT2D eigenvalue weighted by Crippen LogP contribution is 2.35. The second-order valence-corrected chi connectivity index (χ2v) is 5.52. The van der Waals surface area contributed by atoms with Crippen molar-refractivity contribution in [2.75, 3.05) is 24.4 Å². The molecule has 1 N–H and O–H groups in total. The lowest BCUT2D eigenvalue weighted by molar-refractivity contribution is -0.121. The van der Waals surface area contributed by atoms with Crippen molar-refractivity contribution < 1.29 is 23.5 Å². The number of imide groups is 1. The molecule has 1 heterocycles. The monoisotopic (exact) mass is 344 g/mol. The number of ether oxygens (including phenoxy) is 2. The van der Waals surface area contributed by atoms with Crippen LogP contribution in [0.3, 0.4) is 0 Å². The lowest BCUT2D eigenvalue weighted by Gasteiger charge is -2.19. The molecule has 0 saturated carbocycles. The smallest absolute Gasteiger partial charge is 0.256 e. The highest BCUT2D eigenvalue weighted by atomic mass is 19.1. The lowest BCUT2D eigenvalue weighted by atomic mass is 10.2. The van der Waals surface area contributed by atoms with Crippen LogP contribution in [0.1, 0.15) is 6.42 Å². The van der Waals surface area contributed by atoms with Crippen LogP contribution in [0.2, 0.25) is 0 Å². The topological polar surface area (TPSA) is 67.9 Å². The van der Waals surface area contributed by atoms with Gasteiger partial charge in [-0.05, 0) is 30.3 Å². The van der Waals surface area contributed by atoms with Crippen molar-refractivity contribution in [2.24, 2.45) is 0 Å². The highest BCUT2D eigenvalue weighted by Gasteiger charge is 2.40. The van der Waals surface area contributed by atoms with Gasteiger partial charge in [0, 0.05) is 11.8 Å². The second-order valence-electron chi connectivity index (χ2n) is 5.52. The third kappa shape index (κ3) is 3.26. The Labute approximate surface area is 144 Å². The van der Waals surface area contributed by atoms with E-state index in [2.05, 4.69) is 5.32 Å². The van der Waals surface area contributed by atoms with E-state index < -0.39 is 17.8 Å². The van der Waals surface area contributed by atoms with E-state index in [9.17, 15) is 14.0 Å². The number of anilines is 2. The number of nitrogens with zero attached hydrogens (tertiary/aromatic N) is 1. The van der Waals surface area contributed by atoms with Crippen LogP contribution >= 0.6 is 0 Å². The van der Waals surface area contributed by atoms with Gasteiger partial charge in [-0.2, -0.15) is 0 Å². The van der Waals surface area contributed by atoms with E-state index in [-0.39, 0.29) is 12.3 Å². The number of hydrogen-bond donors (Lipinski definition) is 1. The van der Waals surface area contributed by atoms with Crippen LogP contribution in [0.25, 0.3) is 0 Å². The van der Waals surface area contributed by atoms with Crippen LogP contribution in [0.15, 0.2) is 42.5 Å². The summed E-state index contributed by atoms with van der Waals surface area (Å²) in [5.41, 5.74) is 0.788. The second kappa shape index (κ2) is 6.80. The normalized spacial score (nSPS) is 16.9. The Kier molecular flexibility index (Phi) is 4.56. The molecule has 3 rings (SSSR count). The molecule has 2 amide bonds. The summed E-state index contributed by atoms with van der Waals surface area (Å²) in [7, 11) is 2.96. The minimum atomic E-state index is -0.763. The fourth-order valence-corrected chi connectivity index (χ4v) is 2.75. The predicted molar refractivity (Wildman–Crippen MR) is 90.5 cm³/mol. The summed E-state index contributed by atoms with van der Waals surface area (Å²) >= 11 is 0. The third-order valence-corrected chi connectivity index (χ3v) is 3.94. The molecule has 1 aliphatic rings. The molecule has 0 aliphatic carbocycles. The first-order valence-electron chi connectivity index (χ1n) is 7.64. The molecule has 0 radical (unpaired) electrons. The van der Waals surface area contributed by atoms with Crippen molar-refractivity contribution in [3.05, 3.63) is 48.3 Å². The number of methoxy groups -OCH3 is 2. The molecule has 7 heteroatoms. The van der Waals surface area contributed by atoms with Crippen LogP contribution in [0.4, 0.5) is 15.8 Å². The van der Waals surface area contributed by atoms with E-state index in [0.717, 1.165) is 4.90 Å². The Bertz CT molecular complexity index is 824. The van der Waals surface area contributed by atoms with Gasteiger partial charge in [0.05, 0.1) is 26.3 Å². The van der Waals surface area contributed by atoms with Crippen LogP contribution in [0.5, 0.6) is 11.5 Å². The molecular weight excluding hydrogens is 327 g/mol. The number of rotatable bonds is 5. The molecule has 6 nitrogen and oxygen atoms in total. The van der Waals surface area contributed by atoms with Crippen LogP contribution in [0, 0.1) is 5.82 Å². The lowest BCUT2D eigenvalue weighted by Crippen LogP contribution is -2.35. The maximum absolute atomic E-state index is 13.3. The number of amides is 2. The highest BCUT2D eigenvalue weighted by molar-refractivity contribution is 6.23. The first-order valence-corrected chi connectivity index (χ1v) is 7.64. The van der Waals surface area contributed by atoms with Gasteiger partial charge in [0.25, 0.3) is 5.91 Å². The van der Waals surface area contributed by atoms with E-state index in [0.29, 0.717) is 22.9 Å². The van der Waals surface area contributed by atoms with Crippen molar-refractivity contribution in [1.82, 2.24) is 0 Å². The van der Waals surface area contributed by atoms with Gasteiger partial charge in [-0.3, -0.25) is 9.59 Å². The van der Waals surface area contributed by atoms with Crippen LogP contribution < -0.4 is 19.7 Å². The standard InChI is InChI=1S/C18H17FN2O4/c1-24-13-6-7-15(16(9-13)25-2)21-17(22)10-14(18(21)23)20-12-5-3-4-11(19)8-12/h3-9,14,20H,10H2,1-2H3/t14-/m0/s1. The SMILES string of the molecule is COc1ccc(N2C(=O)C[C@H](Nc3cccc(F)c3)C2=O)c(OC)c1. The summed E-state index contributed by atoms with van der Waals surface area (Å²) in [5.74, 6) is -0.294. The summed E-state index contributed by atoms with van der Waals surface area (Å²) in [5, 5.41) is 2.90. The molecule has 0 spiro atoms. The van der Waals surface area contributed by atoms with Gasteiger partial charge < -0.3 is 14.8 Å². The van der Waals surface area contributed by atoms with Gasteiger partial charge in [-0.15, -0.1) is 0 Å². The molecule has 1 aliphatic heterocycles. The predicted octanol–water partition coefficient (Wildman–Crippen LogP) is 2.59.